The van der Waals surface area contributed by atoms with E-state index in [1.807, 2.05) is 36.4 Å². The molecule has 26 heavy (non-hydrogen) atoms. The lowest BCUT2D eigenvalue weighted by molar-refractivity contribution is -0.122. The van der Waals surface area contributed by atoms with Gasteiger partial charge in [0.15, 0.2) is 0 Å². The molecule has 1 aromatic carbocycles. The number of aliphatic hydroxyl groups excluding tert-OH is 1. The molecule has 0 aliphatic heterocycles. The highest BCUT2D eigenvalue weighted by Crippen LogP contribution is 2.31. The third kappa shape index (κ3) is 3.75. The van der Waals surface area contributed by atoms with Crippen LogP contribution in [-0.2, 0) is 17.6 Å². The summed E-state index contributed by atoms with van der Waals surface area (Å²) in [7, 11) is 0. The molecule has 6 heteroatoms. The Labute approximate surface area is 151 Å². The van der Waals surface area contributed by atoms with E-state index in [2.05, 4.69) is 20.3 Å². The van der Waals surface area contributed by atoms with Gasteiger partial charge in [0.25, 0.3) is 0 Å². The van der Waals surface area contributed by atoms with Crippen molar-refractivity contribution in [1.82, 2.24) is 20.3 Å². The molecule has 0 spiro atoms. The minimum absolute atomic E-state index is 0.0117. The van der Waals surface area contributed by atoms with Crippen molar-refractivity contribution in [3.63, 3.8) is 0 Å². The molecule has 0 saturated heterocycles. The monoisotopic (exact) mass is 350 g/mol. The molecular formula is C20H22N4O2. The van der Waals surface area contributed by atoms with E-state index >= 15 is 0 Å². The Balaban J connectivity index is 1.43. The second-order valence-corrected chi connectivity index (χ2v) is 7.00. The van der Waals surface area contributed by atoms with Gasteiger partial charge in [-0.2, -0.15) is 0 Å². The highest BCUT2D eigenvalue weighted by atomic mass is 16.3. The smallest absolute Gasteiger partial charge is 0.227 e. The summed E-state index contributed by atoms with van der Waals surface area (Å²) in [6, 6.07) is 11.7. The molecule has 134 valence electrons. The van der Waals surface area contributed by atoms with Crippen molar-refractivity contribution in [3.05, 3.63) is 60.2 Å². The molecule has 3 N–H and O–H groups in total. The zero-order valence-corrected chi connectivity index (χ0v) is 14.4. The average Bonchev–Trinajstić information content (AvgIpc) is 3.01. The molecule has 6 nitrogen and oxygen atoms in total. The van der Waals surface area contributed by atoms with E-state index in [-0.39, 0.29) is 24.5 Å². The first kappa shape index (κ1) is 16.7. The molecule has 2 aromatic heterocycles. The molecule has 1 amide bonds. The molecule has 2 heterocycles. The van der Waals surface area contributed by atoms with Gasteiger partial charge in [-0.3, -0.25) is 9.78 Å². The number of imidazole rings is 1. The van der Waals surface area contributed by atoms with Crippen LogP contribution in [0.5, 0.6) is 0 Å². The molecule has 1 aliphatic rings. The Hall–Kier alpha value is -2.73. The number of carbonyl (C=O) groups is 1. The number of amides is 1. The number of nitrogens with zero attached hydrogens (tertiary/aromatic N) is 2. The van der Waals surface area contributed by atoms with Gasteiger partial charge in [-0.15, -0.1) is 0 Å². The number of benzene rings is 1. The van der Waals surface area contributed by atoms with Gasteiger partial charge in [-0.1, -0.05) is 12.1 Å². The Kier molecular flexibility index (Phi) is 4.67. The number of hydrogen-bond donors (Lipinski definition) is 3. The fourth-order valence-electron chi connectivity index (χ4n) is 3.57. The number of H-pyrrole nitrogens is 1. The van der Waals surface area contributed by atoms with Crippen molar-refractivity contribution in [1.29, 1.82) is 0 Å². The van der Waals surface area contributed by atoms with Gasteiger partial charge < -0.3 is 15.4 Å². The molecular weight excluding hydrogens is 328 g/mol. The maximum atomic E-state index is 12.6. The number of aromatic nitrogens is 3. The van der Waals surface area contributed by atoms with Crippen LogP contribution in [0.4, 0.5) is 0 Å². The molecule has 1 aliphatic carbocycles. The molecule has 3 aromatic rings. The van der Waals surface area contributed by atoms with Gasteiger partial charge in [-0.25, -0.2) is 4.98 Å². The zero-order valence-electron chi connectivity index (χ0n) is 14.4. The standard InChI is InChI=1S/C20H22N4O2/c25-15-10-14(11-15)18(9-13-5-7-21-8-6-13)24-20(26)12-19-22-16-3-1-2-4-17(16)23-19/h1-8,14-15,18,25H,9-12H2,(H,22,23)(H,24,26). The fraction of sp³-hybridized carbons (Fsp3) is 0.350. The lowest BCUT2D eigenvalue weighted by atomic mass is 9.75. The highest BCUT2D eigenvalue weighted by molar-refractivity contribution is 5.80. The lowest BCUT2D eigenvalue weighted by Gasteiger charge is -2.38. The molecule has 1 saturated carbocycles. The van der Waals surface area contributed by atoms with Crippen molar-refractivity contribution in [2.24, 2.45) is 5.92 Å². The minimum Gasteiger partial charge on any atom is -0.393 e. The molecule has 1 atom stereocenters. The van der Waals surface area contributed by atoms with E-state index < -0.39 is 0 Å². The summed E-state index contributed by atoms with van der Waals surface area (Å²) in [5.41, 5.74) is 2.94. The second kappa shape index (κ2) is 7.25. The van der Waals surface area contributed by atoms with Crippen LogP contribution in [-0.4, -0.2) is 38.1 Å². The zero-order chi connectivity index (χ0) is 17.9. The van der Waals surface area contributed by atoms with Crippen LogP contribution in [0.2, 0.25) is 0 Å². The maximum Gasteiger partial charge on any atom is 0.227 e. The normalized spacial score (nSPS) is 20.5. The predicted octanol–water partition coefficient (Wildman–Crippen LogP) is 2.00. The predicted molar refractivity (Wildman–Crippen MR) is 98.4 cm³/mol. The van der Waals surface area contributed by atoms with Crippen LogP contribution >= 0.6 is 0 Å². The third-order valence-electron chi connectivity index (χ3n) is 5.04. The summed E-state index contributed by atoms with van der Waals surface area (Å²) >= 11 is 0. The van der Waals surface area contributed by atoms with Gasteiger partial charge in [0.2, 0.25) is 5.91 Å². The van der Waals surface area contributed by atoms with Gasteiger partial charge in [0.05, 0.1) is 23.6 Å². The van der Waals surface area contributed by atoms with E-state index in [9.17, 15) is 9.90 Å². The molecule has 1 fully saturated rings. The fourth-order valence-corrected chi connectivity index (χ4v) is 3.57. The van der Waals surface area contributed by atoms with Crippen LogP contribution < -0.4 is 5.32 Å². The van der Waals surface area contributed by atoms with Crippen molar-refractivity contribution < 1.29 is 9.90 Å². The van der Waals surface area contributed by atoms with Crippen LogP contribution in [0.25, 0.3) is 11.0 Å². The van der Waals surface area contributed by atoms with Crippen molar-refractivity contribution in [3.8, 4) is 0 Å². The van der Waals surface area contributed by atoms with Crippen LogP contribution in [0, 0.1) is 5.92 Å². The number of carbonyl (C=O) groups excluding carboxylic acids is 1. The molecule has 4 rings (SSSR count). The number of rotatable bonds is 6. The largest absolute Gasteiger partial charge is 0.393 e. The van der Waals surface area contributed by atoms with Crippen molar-refractivity contribution in [2.75, 3.05) is 0 Å². The van der Waals surface area contributed by atoms with Gasteiger partial charge in [0.1, 0.15) is 5.82 Å². The van der Waals surface area contributed by atoms with E-state index in [4.69, 9.17) is 0 Å². The molecule has 0 bridgehead atoms. The van der Waals surface area contributed by atoms with Crippen LogP contribution in [0.1, 0.15) is 24.2 Å². The van der Waals surface area contributed by atoms with E-state index in [1.165, 1.54) is 0 Å². The van der Waals surface area contributed by atoms with Gasteiger partial charge >= 0.3 is 0 Å². The Morgan fingerprint density at radius 3 is 2.73 bits per heavy atom. The lowest BCUT2D eigenvalue weighted by Crippen LogP contribution is -2.48. The summed E-state index contributed by atoms with van der Waals surface area (Å²) in [4.78, 5) is 24.3. The van der Waals surface area contributed by atoms with E-state index in [1.54, 1.807) is 12.4 Å². The number of fused-ring (bicyclic) bond motifs is 1. The number of aliphatic hydroxyl groups is 1. The average molecular weight is 350 g/mol. The maximum absolute atomic E-state index is 12.6. The van der Waals surface area contributed by atoms with Crippen molar-refractivity contribution in [2.45, 2.75) is 37.8 Å². The molecule has 0 radical (unpaired) electrons. The Bertz CT molecular complexity index is 854. The van der Waals surface area contributed by atoms with Gasteiger partial charge in [-0.05, 0) is 55.0 Å². The van der Waals surface area contributed by atoms with Crippen molar-refractivity contribution >= 4 is 16.9 Å². The van der Waals surface area contributed by atoms with E-state index in [0.717, 1.165) is 35.9 Å². The summed E-state index contributed by atoms with van der Waals surface area (Å²) in [6.07, 6.45) is 5.72. The van der Waals surface area contributed by atoms with E-state index in [0.29, 0.717) is 11.7 Å². The summed E-state index contributed by atoms with van der Waals surface area (Å²) < 4.78 is 0. The highest BCUT2D eigenvalue weighted by Gasteiger charge is 2.34. The summed E-state index contributed by atoms with van der Waals surface area (Å²) in [6.45, 7) is 0. The van der Waals surface area contributed by atoms with Gasteiger partial charge in [0, 0.05) is 18.4 Å². The van der Waals surface area contributed by atoms with Crippen LogP contribution in [0.3, 0.4) is 0 Å². The summed E-state index contributed by atoms with van der Waals surface area (Å²) in [5.74, 6) is 0.919. The molecule has 1 unspecified atom stereocenters. The number of hydrogen-bond acceptors (Lipinski definition) is 4. The third-order valence-corrected chi connectivity index (χ3v) is 5.04. The number of aromatic amines is 1. The Morgan fingerprint density at radius 1 is 1.23 bits per heavy atom. The topological polar surface area (TPSA) is 90.9 Å². The quantitative estimate of drug-likeness (QED) is 0.634. The summed E-state index contributed by atoms with van der Waals surface area (Å²) in [5, 5.41) is 12.8. The number of nitrogens with one attached hydrogen (secondary N) is 2. The second-order valence-electron chi connectivity index (χ2n) is 7.00. The number of pyridine rings is 1. The minimum atomic E-state index is -0.243. The first-order valence-electron chi connectivity index (χ1n) is 8.97. The van der Waals surface area contributed by atoms with Crippen LogP contribution in [0.15, 0.2) is 48.8 Å². The number of para-hydroxylation sites is 2. The Morgan fingerprint density at radius 2 is 2.00 bits per heavy atom. The first-order chi connectivity index (χ1) is 12.7. The SMILES string of the molecule is O=C(Cc1nc2ccccc2[nH]1)NC(Cc1ccncc1)C1CC(O)C1. The first-order valence-corrected chi connectivity index (χ1v) is 8.97.